The Hall–Kier alpha value is -1.94. The lowest BCUT2D eigenvalue weighted by Gasteiger charge is -2.16. The van der Waals surface area contributed by atoms with Gasteiger partial charge < -0.3 is 10.6 Å². The highest BCUT2D eigenvalue weighted by atomic mass is 31.2. The van der Waals surface area contributed by atoms with Gasteiger partial charge in [-0.3, -0.25) is 23.2 Å². The number of nitrogens with one attached hydrogen (secondary N) is 2. The van der Waals surface area contributed by atoms with E-state index in [1.54, 1.807) is 13.8 Å². The molecule has 0 saturated carbocycles. The topological polar surface area (TPSA) is 103 Å². The number of phosphoric acid groups is 1. The first-order valence-corrected chi connectivity index (χ1v) is 10.8. The Morgan fingerprint density at radius 3 is 2.23 bits per heavy atom. The van der Waals surface area contributed by atoms with Crippen molar-refractivity contribution in [1.29, 1.82) is 0 Å². The molecule has 1 aromatic carbocycles. The first kappa shape index (κ1) is 26.1. The number of unbranched alkanes of at least 4 members (excludes halogenated alkanes) is 1. The molecule has 30 heavy (non-hydrogen) atoms. The molecular formula is C18H26F3N2O6P. The van der Waals surface area contributed by atoms with Crippen LogP contribution in [0.1, 0.15) is 49.5 Å². The van der Waals surface area contributed by atoms with Crippen LogP contribution in [0.3, 0.4) is 0 Å². The first-order valence-electron chi connectivity index (χ1n) is 9.33. The van der Waals surface area contributed by atoms with Crippen LogP contribution >= 0.6 is 7.82 Å². The summed E-state index contributed by atoms with van der Waals surface area (Å²) in [6.45, 7) is 5.03. The van der Waals surface area contributed by atoms with Crippen LogP contribution in [0.4, 0.5) is 18.9 Å². The average Bonchev–Trinajstić information content (AvgIpc) is 2.63. The van der Waals surface area contributed by atoms with Crippen molar-refractivity contribution in [1.82, 2.24) is 5.32 Å². The third kappa shape index (κ3) is 8.83. The molecule has 0 saturated heterocycles. The number of amides is 2. The molecule has 1 aromatic rings. The fourth-order valence-corrected chi connectivity index (χ4v) is 3.55. The number of halogens is 3. The Balaban J connectivity index is 2.60. The molecule has 0 unspecified atom stereocenters. The van der Waals surface area contributed by atoms with Crippen molar-refractivity contribution in [2.75, 3.05) is 31.7 Å². The zero-order valence-electron chi connectivity index (χ0n) is 17.0. The predicted molar refractivity (Wildman–Crippen MR) is 104 cm³/mol. The summed E-state index contributed by atoms with van der Waals surface area (Å²) in [6.07, 6.45) is -3.74. The molecule has 8 nitrogen and oxygen atoms in total. The Bertz CT molecular complexity index is 763. The third-order valence-corrected chi connectivity index (χ3v) is 5.23. The van der Waals surface area contributed by atoms with E-state index in [2.05, 4.69) is 10.6 Å². The van der Waals surface area contributed by atoms with Crippen LogP contribution in [0.25, 0.3) is 0 Å². The summed E-state index contributed by atoms with van der Waals surface area (Å²) >= 11 is 0. The SMILES string of the molecule is CCOP(=O)(OCC)OCCCCNC(=O)c1ccc(C(F)(F)F)cc1NC(C)=O. The summed E-state index contributed by atoms with van der Waals surface area (Å²) in [5.41, 5.74) is -1.30. The minimum absolute atomic E-state index is 0.0740. The van der Waals surface area contributed by atoms with Gasteiger partial charge in [-0.25, -0.2) is 4.57 Å². The van der Waals surface area contributed by atoms with Crippen LogP contribution in [0.15, 0.2) is 18.2 Å². The summed E-state index contributed by atoms with van der Waals surface area (Å²) in [7, 11) is -3.59. The van der Waals surface area contributed by atoms with Crippen LogP contribution in [0.2, 0.25) is 0 Å². The standard InChI is InChI=1S/C18H26F3N2O6P/c1-4-27-30(26,28-5-2)29-11-7-6-10-22-17(25)15-9-8-14(18(19,20)21)12-16(15)23-13(3)24/h8-9,12H,4-7,10-11H2,1-3H3,(H,22,25)(H,23,24). The van der Waals surface area contributed by atoms with Gasteiger partial charge in [0.15, 0.2) is 0 Å². The van der Waals surface area contributed by atoms with Crippen LogP contribution < -0.4 is 10.6 Å². The van der Waals surface area contributed by atoms with Gasteiger partial charge in [0.25, 0.3) is 5.91 Å². The van der Waals surface area contributed by atoms with E-state index < -0.39 is 31.4 Å². The van der Waals surface area contributed by atoms with Crippen molar-refractivity contribution in [3.63, 3.8) is 0 Å². The van der Waals surface area contributed by atoms with E-state index in [9.17, 15) is 27.3 Å². The van der Waals surface area contributed by atoms with Crippen molar-refractivity contribution < 1.29 is 40.9 Å². The molecule has 0 aliphatic carbocycles. The zero-order chi connectivity index (χ0) is 22.8. The lowest BCUT2D eigenvalue weighted by molar-refractivity contribution is -0.137. The van der Waals surface area contributed by atoms with Crippen LogP contribution in [-0.2, 0) is 29.1 Å². The Morgan fingerprint density at radius 2 is 1.70 bits per heavy atom. The summed E-state index contributed by atoms with van der Waals surface area (Å²) < 4.78 is 65.9. The van der Waals surface area contributed by atoms with E-state index in [1.807, 2.05) is 0 Å². The molecule has 0 aromatic heterocycles. The number of rotatable bonds is 12. The normalized spacial score (nSPS) is 11.9. The second kappa shape index (κ2) is 12.0. The van der Waals surface area contributed by atoms with Crippen LogP contribution in [0, 0.1) is 0 Å². The van der Waals surface area contributed by atoms with Crippen molar-refractivity contribution in [3.05, 3.63) is 29.3 Å². The maximum atomic E-state index is 12.9. The molecule has 0 aliphatic rings. The predicted octanol–water partition coefficient (Wildman–Crippen LogP) is 4.37. The molecule has 0 bridgehead atoms. The largest absolute Gasteiger partial charge is 0.474 e. The van der Waals surface area contributed by atoms with Crippen LogP contribution in [-0.4, -0.2) is 38.2 Å². The fourth-order valence-electron chi connectivity index (χ4n) is 2.34. The van der Waals surface area contributed by atoms with Crippen molar-refractivity contribution in [3.8, 4) is 0 Å². The number of hydrogen-bond acceptors (Lipinski definition) is 6. The van der Waals surface area contributed by atoms with E-state index in [4.69, 9.17) is 13.6 Å². The van der Waals surface area contributed by atoms with Gasteiger partial charge in [0.1, 0.15) is 0 Å². The molecule has 0 spiro atoms. The molecule has 170 valence electrons. The Morgan fingerprint density at radius 1 is 1.07 bits per heavy atom. The highest BCUT2D eigenvalue weighted by Gasteiger charge is 2.31. The monoisotopic (exact) mass is 454 g/mol. The molecule has 12 heteroatoms. The fraction of sp³-hybridized carbons (Fsp3) is 0.556. The number of carbonyl (C=O) groups excluding carboxylic acids is 2. The minimum Gasteiger partial charge on any atom is -0.352 e. The van der Waals surface area contributed by atoms with E-state index >= 15 is 0 Å². The van der Waals surface area contributed by atoms with Crippen molar-refractivity contribution in [2.45, 2.75) is 39.8 Å². The number of phosphoric ester groups is 1. The van der Waals surface area contributed by atoms with Crippen molar-refractivity contribution in [2.24, 2.45) is 0 Å². The summed E-state index contributed by atoms with van der Waals surface area (Å²) in [5, 5.41) is 4.80. The second-order valence-corrected chi connectivity index (χ2v) is 7.69. The van der Waals surface area contributed by atoms with E-state index in [1.165, 1.54) is 0 Å². The lowest BCUT2D eigenvalue weighted by atomic mass is 10.1. The van der Waals surface area contributed by atoms with Gasteiger partial charge in [-0.05, 0) is 44.9 Å². The summed E-state index contributed by atoms with van der Waals surface area (Å²) in [5.74, 6) is -1.24. The van der Waals surface area contributed by atoms with Crippen LogP contribution in [0.5, 0.6) is 0 Å². The van der Waals surface area contributed by atoms with Crippen molar-refractivity contribution >= 4 is 25.3 Å². The molecule has 2 N–H and O–H groups in total. The molecular weight excluding hydrogens is 428 g/mol. The van der Waals surface area contributed by atoms with Gasteiger partial charge in [-0.15, -0.1) is 0 Å². The maximum Gasteiger partial charge on any atom is 0.474 e. The Labute approximate surface area is 173 Å². The summed E-state index contributed by atoms with van der Waals surface area (Å²) in [6, 6.07) is 2.49. The molecule has 0 heterocycles. The molecule has 1 rings (SSSR count). The van der Waals surface area contributed by atoms with Gasteiger partial charge in [0, 0.05) is 13.5 Å². The maximum absolute atomic E-state index is 12.9. The first-order chi connectivity index (χ1) is 14.0. The number of alkyl halides is 3. The molecule has 0 atom stereocenters. The summed E-state index contributed by atoms with van der Waals surface area (Å²) in [4.78, 5) is 23.6. The van der Waals surface area contributed by atoms with E-state index in [-0.39, 0.29) is 37.6 Å². The smallest absolute Gasteiger partial charge is 0.352 e. The third-order valence-electron chi connectivity index (χ3n) is 3.58. The average molecular weight is 454 g/mol. The van der Waals surface area contributed by atoms with Gasteiger partial charge >= 0.3 is 14.0 Å². The number of carbonyl (C=O) groups is 2. The quantitative estimate of drug-likeness (QED) is 0.359. The zero-order valence-corrected chi connectivity index (χ0v) is 17.9. The molecule has 0 radical (unpaired) electrons. The molecule has 2 amide bonds. The minimum atomic E-state index is -4.61. The van der Waals surface area contributed by atoms with Gasteiger partial charge in [0.05, 0.1) is 36.6 Å². The second-order valence-electron chi connectivity index (χ2n) is 6.02. The van der Waals surface area contributed by atoms with E-state index in [0.717, 1.165) is 19.1 Å². The van der Waals surface area contributed by atoms with Gasteiger partial charge in [0.2, 0.25) is 5.91 Å². The number of anilines is 1. The lowest BCUT2D eigenvalue weighted by Crippen LogP contribution is -2.26. The molecule has 0 fully saturated rings. The highest BCUT2D eigenvalue weighted by molar-refractivity contribution is 7.48. The van der Waals surface area contributed by atoms with E-state index in [0.29, 0.717) is 18.9 Å². The number of hydrogen-bond donors (Lipinski definition) is 2. The molecule has 0 aliphatic heterocycles. The Kier molecular flexibility index (Phi) is 10.5. The number of benzene rings is 1. The van der Waals surface area contributed by atoms with Gasteiger partial charge in [-0.2, -0.15) is 13.2 Å². The highest BCUT2D eigenvalue weighted by Crippen LogP contribution is 2.49. The van der Waals surface area contributed by atoms with Gasteiger partial charge in [-0.1, -0.05) is 0 Å².